The monoisotopic (exact) mass is 266 g/mol. The maximum atomic E-state index is 11.8. The standard InChI is InChI=1S/C15H14N4O/c1-11-4-5-13(18-10-12(8-16)9-17)7-14(11)19-6-2-3-15(19)20/h4-5,7,10,18H,2-3,6H2,1H3. The molecule has 1 fully saturated rings. The highest BCUT2D eigenvalue weighted by atomic mass is 16.2. The highest BCUT2D eigenvalue weighted by Gasteiger charge is 2.23. The summed E-state index contributed by atoms with van der Waals surface area (Å²) < 4.78 is 0. The van der Waals surface area contributed by atoms with Gasteiger partial charge in [0, 0.05) is 30.5 Å². The molecule has 0 saturated carbocycles. The van der Waals surface area contributed by atoms with Gasteiger partial charge < -0.3 is 10.2 Å². The SMILES string of the molecule is Cc1ccc(NC=C(C#N)C#N)cc1N1CCCC1=O. The number of carbonyl (C=O) groups excluding carboxylic acids is 1. The van der Waals surface area contributed by atoms with Crippen molar-refractivity contribution >= 4 is 17.3 Å². The van der Waals surface area contributed by atoms with Gasteiger partial charge in [-0.3, -0.25) is 4.79 Å². The van der Waals surface area contributed by atoms with Crippen molar-refractivity contribution in [3.8, 4) is 12.1 Å². The zero-order valence-electron chi connectivity index (χ0n) is 11.2. The summed E-state index contributed by atoms with van der Waals surface area (Å²) in [5.74, 6) is 0.135. The van der Waals surface area contributed by atoms with Crippen molar-refractivity contribution in [2.45, 2.75) is 19.8 Å². The molecule has 5 nitrogen and oxygen atoms in total. The number of carbonyl (C=O) groups is 1. The molecule has 1 aliphatic rings. The fourth-order valence-electron chi connectivity index (χ4n) is 2.14. The average molecular weight is 266 g/mol. The molecule has 1 amide bonds. The molecule has 1 saturated heterocycles. The molecule has 0 aliphatic carbocycles. The molecule has 2 rings (SSSR count). The molecular formula is C15H14N4O. The predicted molar refractivity (Wildman–Crippen MR) is 75.7 cm³/mol. The molecule has 0 aromatic heterocycles. The second-order valence-corrected chi connectivity index (χ2v) is 4.58. The summed E-state index contributed by atoms with van der Waals surface area (Å²) in [4.78, 5) is 13.6. The van der Waals surface area contributed by atoms with Crippen LogP contribution < -0.4 is 10.2 Å². The van der Waals surface area contributed by atoms with Gasteiger partial charge in [0.2, 0.25) is 5.91 Å². The smallest absolute Gasteiger partial charge is 0.227 e. The fraction of sp³-hybridized carbons (Fsp3) is 0.267. The van der Waals surface area contributed by atoms with Gasteiger partial charge in [0.05, 0.1) is 0 Å². The number of allylic oxidation sites excluding steroid dienone is 1. The van der Waals surface area contributed by atoms with Crippen molar-refractivity contribution in [2.75, 3.05) is 16.8 Å². The molecule has 0 radical (unpaired) electrons. The first-order chi connectivity index (χ1) is 9.65. The van der Waals surface area contributed by atoms with Gasteiger partial charge >= 0.3 is 0 Å². The highest BCUT2D eigenvalue weighted by molar-refractivity contribution is 5.96. The predicted octanol–water partition coefficient (Wildman–Crippen LogP) is 2.46. The van der Waals surface area contributed by atoms with E-state index in [0.717, 1.165) is 29.9 Å². The van der Waals surface area contributed by atoms with Crippen LogP contribution in [0.5, 0.6) is 0 Å². The summed E-state index contributed by atoms with van der Waals surface area (Å²) in [7, 11) is 0. The van der Waals surface area contributed by atoms with Gasteiger partial charge in [0.15, 0.2) is 0 Å². The van der Waals surface area contributed by atoms with Gasteiger partial charge in [-0.25, -0.2) is 0 Å². The number of benzene rings is 1. The lowest BCUT2D eigenvalue weighted by Gasteiger charge is -2.19. The molecule has 1 heterocycles. The summed E-state index contributed by atoms with van der Waals surface area (Å²) in [5.41, 5.74) is 2.65. The van der Waals surface area contributed by atoms with E-state index < -0.39 is 0 Å². The van der Waals surface area contributed by atoms with Gasteiger partial charge in [0.25, 0.3) is 0 Å². The number of anilines is 2. The minimum Gasteiger partial charge on any atom is -0.360 e. The number of nitrogens with one attached hydrogen (secondary N) is 1. The van der Waals surface area contributed by atoms with Gasteiger partial charge in [-0.15, -0.1) is 0 Å². The second-order valence-electron chi connectivity index (χ2n) is 4.58. The number of aryl methyl sites for hydroxylation is 1. The van der Waals surface area contributed by atoms with Crippen molar-refractivity contribution < 1.29 is 4.79 Å². The van der Waals surface area contributed by atoms with E-state index >= 15 is 0 Å². The summed E-state index contributed by atoms with van der Waals surface area (Å²) >= 11 is 0. The van der Waals surface area contributed by atoms with E-state index in [1.54, 1.807) is 17.0 Å². The van der Waals surface area contributed by atoms with E-state index in [4.69, 9.17) is 10.5 Å². The Labute approximate surface area is 117 Å². The summed E-state index contributed by atoms with van der Waals surface area (Å²) in [6.07, 6.45) is 2.83. The number of amides is 1. The molecule has 1 aromatic rings. The molecule has 1 aliphatic heterocycles. The molecular weight excluding hydrogens is 252 g/mol. The quantitative estimate of drug-likeness (QED) is 0.852. The molecule has 0 atom stereocenters. The Bertz CT molecular complexity index is 633. The molecule has 5 heteroatoms. The number of rotatable bonds is 3. The van der Waals surface area contributed by atoms with Crippen LogP contribution in [0.1, 0.15) is 18.4 Å². The topological polar surface area (TPSA) is 79.9 Å². The lowest BCUT2D eigenvalue weighted by molar-refractivity contribution is -0.117. The van der Waals surface area contributed by atoms with Gasteiger partial charge in [0.1, 0.15) is 17.7 Å². The van der Waals surface area contributed by atoms with Crippen LogP contribution in [0.4, 0.5) is 11.4 Å². The summed E-state index contributed by atoms with van der Waals surface area (Å²) in [5, 5.41) is 20.3. The Morgan fingerprint density at radius 1 is 1.40 bits per heavy atom. The van der Waals surface area contributed by atoms with E-state index in [1.165, 1.54) is 6.20 Å². The van der Waals surface area contributed by atoms with Gasteiger partial charge in [-0.05, 0) is 31.0 Å². The van der Waals surface area contributed by atoms with E-state index in [0.29, 0.717) is 6.42 Å². The Morgan fingerprint density at radius 2 is 2.15 bits per heavy atom. The zero-order chi connectivity index (χ0) is 14.5. The average Bonchev–Trinajstić information content (AvgIpc) is 2.87. The van der Waals surface area contributed by atoms with Crippen molar-refractivity contribution in [1.29, 1.82) is 10.5 Å². The minimum atomic E-state index is 0.00405. The molecule has 0 spiro atoms. The zero-order valence-corrected chi connectivity index (χ0v) is 11.2. The Kier molecular flexibility index (Phi) is 4.02. The van der Waals surface area contributed by atoms with Crippen molar-refractivity contribution in [3.63, 3.8) is 0 Å². The van der Waals surface area contributed by atoms with Crippen LogP contribution in [0.25, 0.3) is 0 Å². The summed E-state index contributed by atoms with van der Waals surface area (Å²) in [6.45, 7) is 2.69. The third-order valence-corrected chi connectivity index (χ3v) is 3.20. The maximum Gasteiger partial charge on any atom is 0.227 e. The summed E-state index contributed by atoms with van der Waals surface area (Å²) in [6, 6.07) is 9.19. The van der Waals surface area contributed by atoms with E-state index in [9.17, 15) is 4.79 Å². The number of nitriles is 2. The van der Waals surface area contributed by atoms with E-state index in [1.807, 2.05) is 25.1 Å². The normalized spacial score (nSPS) is 13.6. The number of hydrogen-bond acceptors (Lipinski definition) is 4. The first kappa shape index (κ1) is 13.6. The highest BCUT2D eigenvalue weighted by Crippen LogP contribution is 2.28. The lowest BCUT2D eigenvalue weighted by atomic mass is 10.1. The van der Waals surface area contributed by atoms with Crippen molar-refractivity contribution in [1.82, 2.24) is 0 Å². The van der Waals surface area contributed by atoms with Crippen LogP contribution in [0.2, 0.25) is 0 Å². The minimum absolute atomic E-state index is 0.00405. The van der Waals surface area contributed by atoms with Crippen LogP contribution >= 0.6 is 0 Å². The first-order valence-corrected chi connectivity index (χ1v) is 6.33. The van der Waals surface area contributed by atoms with Crippen LogP contribution in [-0.2, 0) is 4.79 Å². The Hall–Kier alpha value is -2.79. The Morgan fingerprint density at radius 3 is 2.75 bits per heavy atom. The van der Waals surface area contributed by atoms with Crippen LogP contribution in [0.15, 0.2) is 30.0 Å². The molecule has 100 valence electrons. The Balaban J connectivity index is 2.26. The molecule has 1 N–H and O–H groups in total. The second kappa shape index (κ2) is 5.90. The molecule has 20 heavy (non-hydrogen) atoms. The van der Waals surface area contributed by atoms with E-state index in [2.05, 4.69) is 5.32 Å². The third kappa shape index (κ3) is 2.78. The van der Waals surface area contributed by atoms with Gasteiger partial charge in [-0.1, -0.05) is 6.07 Å². The third-order valence-electron chi connectivity index (χ3n) is 3.20. The lowest BCUT2D eigenvalue weighted by Crippen LogP contribution is -2.24. The van der Waals surface area contributed by atoms with Crippen molar-refractivity contribution in [2.24, 2.45) is 0 Å². The molecule has 0 unspecified atom stereocenters. The largest absolute Gasteiger partial charge is 0.360 e. The number of hydrogen-bond donors (Lipinski definition) is 1. The van der Waals surface area contributed by atoms with Crippen LogP contribution in [0.3, 0.4) is 0 Å². The first-order valence-electron chi connectivity index (χ1n) is 6.33. The van der Waals surface area contributed by atoms with E-state index in [-0.39, 0.29) is 11.5 Å². The maximum absolute atomic E-state index is 11.8. The number of nitrogens with zero attached hydrogens (tertiary/aromatic N) is 3. The molecule has 0 bridgehead atoms. The fourth-order valence-corrected chi connectivity index (χ4v) is 2.14. The van der Waals surface area contributed by atoms with Gasteiger partial charge in [-0.2, -0.15) is 10.5 Å². The van der Waals surface area contributed by atoms with Crippen molar-refractivity contribution in [3.05, 3.63) is 35.5 Å². The molecule has 1 aromatic carbocycles. The van der Waals surface area contributed by atoms with Crippen LogP contribution in [-0.4, -0.2) is 12.5 Å². The van der Waals surface area contributed by atoms with Crippen LogP contribution in [0, 0.1) is 29.6 Å².